The number of hydrogen-bond donors (Lipinski definition) is 2. The van der Waals surface area contributed by atoms with E-state index in [2.05, 4.69) is 41.0 Å². The highest BCUT2D eigenvalue weighted by Gasteiger charge is 2.24. The Hall–Kier alpha value is -2.88. The van der Waals surface area contributed by atoms with Gasteiger partial charge < -0.3 is 14.8 Å². The molecule has 4 rings (SSSR count). The van der Waals surface area contributed by atoms with Crippen molar-refractivity contribution >= 4 is 10.9 Å². The van der Waals surface area contributed by atoms with Crippen molar-refractivity contribution in [3.8, 4) is 11.1 Å². The summed E-state index contributed by atoms with van der Waals surface area (Å²) in [7, 11) is 0. The van der Waals surface area contributed by atoms with Crippen LogP contribution < -0.4 is 0 Å². The maximum atomic E-state index is 10.6. The minimum atomic E-state index is -0.892. The van der Waals surface area contributed by atoms with Gasteiger partial charge in [-0.3, -0.25) is 0 Å². The molecule has 130 valence electrons. The van der Waals surface area contributed by atoms with E-state index in [0.29, 0.717) is 0 Å². The molecule has 0 saturated heterocycles. The summed E-state index contributed by atoms with van der Waals surface area (Å²) >= 11 is 0. The fraction of sp³-hybridized carbons (Fsp3) is 0.130. The zero-order valence-corrected chi connectivity index (χ0v) is 14.4. The molecule has 2 atom stereocenters. The van der Waals surface area contributed by atoms with Gasteiger partial charge in [-0.2, -0.15) is 0 Å². The standard InChI is InChI=1S/C23H21NO2/c25-16-21(26)23(18-10-5-2-6-11-18)24-15-14-19-12-7-13-20(22(19)24)17-8-3-1-4-9-17/h1-15,21,23,25-26H,16H2/t21-,23+/m1/s1. The molecule has 0 unspecified atom stereocenters. The summed E-state index contributed by atoms with van der Waals surface area (Å²) in [4.78, 5) is 0. The number of para-hydroxylation sites is 1. The van der Waals surface area contributed by atoms with E-state index in [1.54, 1.807) is 0 Å². The topological polar surface area (TPSA) is 45.4 Å². The zero-order chi connectivity index (χ0) is 17.9. The lowest BCUT2D eigenvalue weighted by Gasteiger charge is -2.25. The van der Waals surface area contributed by atoms with E-state index in [4.69, 9.17) is 0 Å². The fourth-order valence-electron chi connectivity index (χ4n) is 3.62. The minimum absolute atomic E-state index is 0.299. The van der Waals surface area contributed by atoms with E-state index in [9.17, 15) is 10.2 Å². The third kappa shape index (κ3) is 2.92. The molecule has 0 radical (unpaired) electrons. The lowest BCUT2D eigenvalue weighted by atomic mass is 9.99. The van der Waals surface area contributed by atoms with E-state index < -0.39 is 6.10 Å². The van der Waals surface area contributed by atoms with Crippen LogP contribution in [0.1, 0.15) is 11.6 Å². The molecule has 0 aliphatic rings. The first-order valence-electron chi connectivity index (χ1n) is 8.78. The number of fused-ring (bicyclic) bond motifs is 1. The van der Waals surface area contributed by atoms with Gasteiger partial charge in [0.2, 0.25) is 0 Å². The molecule has 26 heavy (non-hydrogen) atoms. The van der Waals surface area contributed by atoms with E-state index in [1.165, 1.54) is 0 Å². The van der Waals surface area contributed by atoms with E-state index >= 15 is 0 Å². The Kier molecular flexibility index (Phi) is 4.57. The van der Waals surface area contributed by atoms with Gasteiger partial charge in [0, 0.05) is 17.1 Å². The molecule has 0 amide bonds. The first-order valence-corrected chi connectivity index (χ1v) is 8.78. The molecule has 0 bridgehead atoms. The van der Waals surface area contributed by atoms with Crippen LogP contribution >= 0.6 is 0 Å². The van der Waals surface area contributed by atoms with Crippen LogP contribution in [0.5, 0.6) is 0 Å². The maximum absolute atomic E-state index is 10.6. The molecule has 3 heteroatoms. The molecule has 0 spiro atoms. The van der Waals surface area contributed by atoms with Crippen molar-refractivity contribution in [2.75, 3.05) is 6.61 Å². The van der Waals surface area contributed by atoms with Crippen molar-refractivity contribution in [2.24, 2.45) is 0 Å². The van der Waals surface area contributed by atoms with Gasteiger partial charge in [-0.05, 0) is 17.2 Å². The summed E-state index contributed by atoms with van der Waals surface area (Å²) in [5.74, 6) is 0. The van der Waals surface area contributed by atoms with Crippen LogP contribution in [0.25, 0.3) is 22.0 Å². The van der Waals surface area contributed by atoms with E-state index in [1.807, 2.05) is 54.7 Å². The molecule has 0 fully saturated rings. The summed E-state index contributed by atoms with van der Waals surface area (Å²) in [6.45, 7) is -0.299. The monoisotopic (exact) mass is 343 g/mol. The van der Waals surface area contributed by atoms with Crippen molar-refractivity contribution in [1.82, 2.24) is 4.57 Å². The Labute approximate surface area is 152 Å². The number of benzene rings is 3. The highest BCUT2D eigenvalue weighted by atomic mass is 16.3. The predicted molar refractivity (Wildman–Crippen MR) is 105 cm³/mol. The third-order valence-corrected chi connectivity index (χ3v) is 4.82. The van der Waals surface area contributed by atoms with Crippen LogP contribution in [0, 0.1) is 0 Å². The normalized spacial score (nSPS) is 13.6. The molecule has 0 saturated carbocycles. The van der Waals surface area contributed by atoms with Crippen molar-refractivity contribution in [2.45, 2.75) is 12.1 Å². The lowest BCUT2D eigenvalue weighted by molar-refractivity contribution is 0.0654. The van der Waals surface area contributed by atoms with Crippen molar-refractivity contribution in [3.05, 3.63) is 96.7 Å². The summed E-state index contributed by atoms with van der Waals surface area (Å²) in [5, 5.41) is 21.4. The van der Waals surface area contributed by atoms with E-state index in [0.717, 1.165) is 27.6 Å². The molecule has 1 heterocycles. The molecular weight excluding hydrogens is 322 g/mol. The van der Waals surface area contributed by atoms with Gasteiger partial charge in [-0.25, -0.2) is 0 Å². The van der Waals surface area contributed by atoms with Crippen LogP contribution in [0.15, 0.2) is 91.1 Å². The summed E-state index contributed by atoms with van der Waals surface area (Å²) in [5.41, 5.74) is 4.26. The number of nitrogens with zero attached hydrogens (tertiary/aromatic N) is 1. The van der Waals surface area contributed by atoms with Crippen LogP contribution in [0.4, 0.5) is 0 Å². The van der Waals surface area contributed by atoms with Gasteiger partial charge in [0.1, 0.15) is 6.10 Å². The average molecular weight is 343 g/mol. The van der Waals surface area contributed by atoms with Gasteiger partial charge >= 0.3 is 0 Å². The quantitative estimate of drug-likeness (QED) is 0.569. The van der Waals surface area contributed by atoms with Gasteiger partial charge in [-0.1, -0.05) is 78.9 Å². The number of aliphatic hydroxyl groups is 2. The predicted octanol–water partition coefficient (Wildman–Crippen LogP) is 4.25. The van der Waals surface area contributed by atoms with Gasteiger partial charge in [0.15, 0.2) is 0 Å². The van der Waals surface area contributed by atoms with Crippen LogP contribution in [-0.2, 0) is 0 Å². The van der Waals surface area contributed by atoms with Crippen molar-refractivity contribution in [3.63, 3.8) is 0 Å². The second-order valence-corrected chi connectivity index (χ2v) is 6.44. The third-order valence-electron chi connectivity index (χ3n) is 4.82. The highest BCUT2D eigenvalue weighted by Crippen LogP contribution is 2.34. The Morgan fingerprint density at radius 3 is 2.15 bits per heavy atom. The summed E-state index contributed by atoms with van der Waals surface area (Å²) in [6.07, 6.45) is 1.10. The molecule has 0 aliphatic carbocycles. The molecule has 3 nitrogen and oxygen atoms in total. The molecule has 3 aromatic carbocycles. The zero-order valence-electron chi connectivity index (χ0n) is 14.4. The van der Waals surface area contributed by atoms with Crippen LogP contribution in [0.3, 0.4) is 0 Å². The second-order valence-electron chi connectivity index (χ2n) is 6.44. The summed E-state index contributed by atoms with van der Waals surface area (Å²) < 4.78 is 2.08. The Balaban J connectivity index is 1.96. The number of aliphatic hydroxyl groups excluding tert-OH is 2. The second kappa shape index (κ2) is 7.16. The van der Waals surface area contributed by atoms with Crippen molar-refractivity contribution < 1.29 is 10.2 Å². The Morgan fingerprint density at radius 2 is 1.46 bits per heavy atom. The lowest BCUT2D eigenvalue weighted by Crippen LogP contribution is -2.28. The SMILES string of the molecule is OC[C@@H](O)[C@H](c1ccccc1)n1ccc2cccc(-c3ccccc3)c21. The first-order chi connectivity index (χ1) is 12.8. The number of rotatable bonds is 5. The van der Waals surface area contributed by atoms with Crippen LogP contribution in [-0.4, -0.2) is 27.5 Å². The molecular formula is C23H21NO2. The first kappa shape index (κ1) is 16.6. The molecule has 2 N–H and O–H groups in total. The van der Waals surface area contributed by atoms with Crippen molar-refractivity contribution in [1.29, 1.82) is 0 Å². The highest BCUT2D eigenvalue weighted by molar-refractivity contribution is 5.95. The maximum Gasteiger partial charge on any atom is 0.102 e. The smallest absolute Gasteiger partial charge is 0.102 e. The minimum Gasteiger partial charge on any atom is -0.394 e. The van der Waals surface area contributed by atoms with E-state index in [-0.39, 0.29) is 12.6 Å². The molecule has 4 aromatic rings. The van der Waals surface area contributed by atoms with Gasteiger partial charge in [0.25, 0.3) is 0 Å². The van der Waals surface area contributed by atoms with Gasteiger partial charge in [0.05, 0.1) is 18.2 Å². The number of hydrogen-bond acceptors (Lipinski definition) is 2. The van der Waals surface area contributed by atoms with Crippen LogP contribution in [0.2, 0.25) is 0 Å². The summed E-state index contributed by atoms with van der Waals surface area (Å²) in [6, 6.07) is 28.0. The Morgan fingerprint density at radius 1 is 0.769 bits per heavy atom. The largest absolute Gasteiger partial charge is 0.394 e. The fourth-order valence-corrected chi connectivity index (χ4v) is 3.62. The van der Waals surface area contributed by atoms with Gasteiger partial charge in [-0.15, -0.1) is 0 Å². The molecule has 1 aromatic heterocycles. The average Bonchev–Trinajstić information content (AvgIpc) is 3.13. The molecule has 0 aliphatic heterocycles. The Bertz CT molecular complexity index is 993. The number of aromatic nitrogens is 1.